The minimum Gasteiger partial charge on any atom is -0.256 e. The van der Waals surface area contributed by atoms with Crippen LogP contribution in [0, 0.1) is 6.92 Å². The van der Waals surface area contributed by atoms with Crippen LogP contribution in [0.25, 0.3) is 0 Å². The highest BCUT2D eigenvalue weighted by atomic mass is 32.1. The Morgan fingerprint density at radius 3 is 2.50 bits per heavy atom. The fraction of sp³-hybridized carbons (Fsp3) is 0.0714. The van der Waals surface area contributed by atoms with Gasteiger partial charge < -0.3 is 0 Å². The van der Waals surface area contributed by atoms with Gasteiger partial charge in [-0.05, 0) is 24.6 Å². The molecule has 0 heterocycles. The van der Waals surface area contributed by atoms with E-state index < -0.39 is 0 Å². The van der Waals surface area contributed by atoms with E-state index in [4.69, 9.17) is 0 Å². The van der Waals surface area contributed by atoms with Gasteiger partial charge in [0.05, 0.1) is 5.69 Å². The summed E-state index contributed by atoms with van der Waals surface area (Å²) < 4.78 is 0. The van der Waals surface area contributed by atoms with Crippen molar-refractivity contribution in [2.45, 2.75) is 11.8 Å². The Morgan fingerprint density at radius 1 is 1.00 bits per heavy atom. The largest absolute Gasteiger partial charge is 0.256 e. The van der Waals surface area contributed by atoms with Crippen molar-refractivity contribution in [3.05, 3.63) is 59.7 Å². The molecule has 0 spiro atoms. The molecule has 0 unspecified atom stereocenters. The molecule has 2 rings (SSSR count). The molecule has 0 radical (unpaired) electrons. The van der Waals surface area contributed by atoms with Crippen molar-refractivity contribution in [3.8, 4) is 0 Å². The van der Waals surface area contributed by atoms with Gasteiger partial charge in [-0.3, -0.25) is 4.99 Å². The molecule has 2 heteroatoms. The molecule has 0 aliphatic rings. The lowest BCUT2D eigenvalue weighted by Crippen LogP contribution is -1.86. The van der Waals surface area contributed by atoms with Crippen LogP contribution in [0.5, 0.6) is 0 Å². The number of hydrogen-bond acceptors (Lipinski definition) is 2. The summed E-state index contributed by atoms with van der Waals surface area (Å²) in [7, 11) is 0. The molecule has 0 atom stereocenters. The van der Waals surface area contributed by atoms with Crippen LogP contribution in [0.4, 0.5) is 5.69 Å². The zero-order chi connectivity index (χ0) is 11.4. The monoisotopic (exact) mass is 227 g/mol. The Labute approximate surface area is 101 Å². The Morgan fingerprint density at radius 2 is 1.75 bits per heavy atom. The van der Waals surface area contributed by atoms with Crippen LogP contribution in [0.1, 0.15) is 11.1 Å². The molecule has 80 valence electrons. The van der Waals surface area contributed by atoms with Crippen molar-refractivity contribution < 1.29 is 0 Å². The maximum absolute atomic E-state index is 4.47. The summed E-state index contributed by atoms with van der Waals surface area (Å²) in [6, 6.07) is 16.0. The third-order valence-corrected chi connectivity index (χ3v) is 2.99. The molecule has 2 aromatic carbocycles. The number of aryl methyl sites for hydroxylation is 1. The van der Waals surface area contributed by atoms with Crippen molar-refractivity contribution in [2.24, 2.45) is 4.99 Å². The van der Waals surface area contributed by atoms with Crippen LogP contribution < -0.4 is 0 Å². The van der Waals surface area contributed by atoms with Gasteiger partial charge in [0.15, 0.2) is 0 Å². The van der Waals surface area contributed by atoms with E-state index in [1.165, 1.54) is 5.56 Å². The molecule has 0 N–H and O–H groups in total. The lowest BCUT2D eigenvalue weighted by Gasteiger charge is -2.02. The molecule has 0 amide bonds. The number of rotatable bonds is 2. The maximum Gasteiger partial charge on any atom is 0.0629 e. The standard InChI is InChI=1S/C14H13NS/c1-11-6-5-7-12(14(11)16)10-15-13-8-3-2-4-9-13/h2-10,16H,1H3. The maximum atomic E-state index is 4.47. The average Bonchev–Trinajstić information content (AvgIpc) is 2.32. The summed E-state index contributed by atoms with van der Waals surface area (Å²) >= 11 is 4.47. The van der Waals surface area contributed by atoms with Gasteiger partial charge in [-0.15, -0.1) is 12.6 Å². The van der Waals surface area contributed by atoms with Crippen molar-refractivity contribution in [2.75, 3.05) is 0 Å². The molecular weight excluding hydrogens is 214 g/mol. The summed E-state index contributed by atoms with van der Waals surface area (Å²) in [5.41, 5.74) is 3.17. The molecule has 0 fully saturated rings. The number of para-hydroxylation sites is 1. The van der Waals surface area contributed by atoms with E-state index in [1.54, 1.807) is 0 Å². The van der Waals surface area contributed by atoms with Crippen LogP contribution in [-0.4, -0.2) is 6.21 Å². The van der Waals surface area contributed by atoms with E-state index in [1.807, 2.05) is 61.7 Å². The Hall–Kier alpha value is -1.54. The van der Waals surface area contributed by atoms with Gasteiger partial charge in [0, 0.05) is 16.7 Å². The predicted octanol–water partition coefficient (Wildman–Crippen LogP) is 4.03. The van der Waals surface area contributed by atoms with Gasteiger partial charge >= 0.3 is 0 Å². The fourth-order valence-electron chi connectivity index (χ4n) is 1.44. The van der Waals surface area contributed by atoms with E-state index >= 15 is 0 Å². The smallest absolute Gasteiger partial charge is 0.0629 e. The second-order valence-corrected chi connectivity index (χ2v) is 4.05. The minimum absolute atomic E-state index is 0.955. The topological polar surface area (TPSA) is 12.4 Å². The number of thiol groups is 1. The lowest BCUT2D eigenvalue weighted by atomic mass is 10.1. The molecule has 0 aliphatic heterocycles. The highest BCUT2D eigenvalue weighted by Gasteiger charge is 1.97. The predicted molar refractivity (Wildman–Crippen MR) is 72.1 cm³/mol. The van der Waals surface area contributed by atoms with Gasteiger partial charge in [0.1, 0.15) is 0 Å². The number of benzene rings is 2. The van der Waals surface area contributed by atoms with E-state index in [2.05, 4.69) is 17.6 Å². The first-order valence-corrected chi connectivity index (χ1v) is 5.60. The molecule has 0 bridgehead atoms. The van der Waals surface area contributed by atoms with Gasteiger partial charge in [-0.25, -0.2) is 0 Å². The van der Waals surface area contributed by atoms with E-state index in [0.29, 0.717) is 0 Å². The average molecular weight is 227 g/mol. The zero-order valence-electron chi connectivity index (χ0n) is 9.09. The minimum atomic E-state index is 0.955. The van der Waals surface area contributed by atoms with Gasteiger partial charge in [0.25, 0.3) is 0 Å². The highest BCUT2D eigenvalue weighted by Crippen LogP contribution is 2.18. The lowest BCUT2D eigenvalue weighted by molar-refractivity contribution is 1.29. The second kappa shape index (κ2) is 4.99. The van der Waals surface area contributed by atoms with Crippen LogP contribution in [0.3, 0.4) is 0 Å². The number of nitrogens with zero attached hydrogens (tertiary/aromatic N) is 1. The van der Waals surface area contributed by atoms with Crippen LogP contribution in [-0.2, 0) is 0 Å². The molecule has 0 saturated carbocycles. The SMILES string of the molecule is Cc1cccc(C=Nc2ccccc2)c1S. The van der Waals surface area contributed by atoms with E-state index in [9.17, 15) is 0 Å². The van der Waals surface area contributed by atoms with Gasteiger partial charge in [-0.2, -0.15) is 0 Å². The fourth-order valence-corrected chi connectivity index (χ4v) is 1.65. The molecular formula is C14H13NS. The van der Waals surface area contributed by atoms with E-state index in [-0.39, 0.29) is 0 Å². The van der Waals surface area contributed by atoms with E-state index in [0.717, 1.165) is 16.1 Å². The Kier molecular flexibility index (Phi) is 3.42. The molecule has 2 aromatic rings. The number of aliphatic imine (C=N–C) groups is 1. The first-order valence-electron chi connectivity index (χ1n) is 5.15. The highest BCUT2D eigenvalue weighted by molar-refractivity contribution is 7.80. The summed E-state index contributed by atoms with van der Waals surface area (Å²) in [4.78, 5) is 5.39. The van der Waals surface area contributed by atoms with Gasteiger partial charge in [0.2, 0.25) is 0 Å². The summed E-state index contributed by atoms with van der Waals surface area (Å²) in [6.45, 7) is 2.04. The van der Waals surface area contributed by atoms with Crippen molar-refractivity contribution >= 4 is 24.5 Å². The Balaban J connectivity index is 2.28. The van der Waals surface area contributed by atoms with Crippen molar-refractivity contribution in [1.82, 2.24) is 0 Å². The Bertz CT molecular complexity index is 503. The first-order chi connectivity index (χ1) is 7.77. The first kappa shape index (κ1) is 11.0. The normalized spacial score (nSPS) is 10.9. The van der Waals surface area contributed by atoms with Gasteiger partial charge in [-0.1, -0.05) is 36.4 Å². The van der Waals surface area contributed by atoms with Crippen LogP contribution in [0.15, 0.2) is 58.4 Å². The van der Waals surface area contributed by atoms with Crippen molar-refractivity contribution in [3.63, 3.8) is 0 Å². The summed E-state index contributed by atoms with van der Waals surface area (Å²) in [5.74, 6) is 0. The molecule has 16 heavy (non-hydrogen) atoms. The third-order valence-electron chi connectivity index (χ3n) is 2.38. The van der Waals surface area contributed by atoms with Crippen LogP contribution in [0.2, 0.25) is 0 Å². The zero-order valence-corrected chi connectivity index (χ0v) is 9.99. The van der Waals surface area contributed by atoms with Crippen molar-refractivity contribution in [1.29, 1.82) is 0 Å². The molecule has 0 saturated heterocycles. The second-order valence-electron chi connectivity index (χ2n) is 3.61. The molecule has 0 aliphatic carbocycles. The van der Waals surface area contributed by atoms with Crippen LogP contribution >= 0.6 is 12.6 Å². The quantitative estimate of drug-likeness (QED) is 0.587. The summed E-state index contributed by atoms with van der Waals surface area (Å²) in [6.07, 6.45) is 1.85. The number of hydrogen-bond donors (Lipinski definition) is 1. The third kappa shape index (κ3) is 2.52. The summed E-state index contributed by atoms with van der Waals surface area (Å²) in [5, 5.41) is 0. The molecule has 1 nitrogen and oxygen atoms in total. The molecule has 0 aromatic heterocycles.